The number of carbonyl (C=O) groups is 1. The van der Waals surface area contributed by atoms with E-state index in [-0.39, 0.29) is 12.5 Å². The fourth-order valence-electron chi connectivity index (χ4n) is 1.80. The molecule has 103 valence electrons. The van der Waals surface area contributed by atoms with Crippen LogP contribution in [0.4, 0.5) is 5.69 Å². The van der Waals surface area contributed by atoms with Gasteiger partial charge in [-0.15, -0.1) is 0 Å². The second-order valence-electron chi connectivity index (χ2n) is 4.34. The van der Waals surface area contributed by atoms with Crippen molar-refractivity contribution in [3.63, 3.8) is 0 Å². The van der Waals surface area contributed by atoms with Crippen LogP contribution in [0, 0.1) is 11.3 Å². The van der Waals surface area contributed by atoms with Crippen LogP contribution in [0.1, 0.15) is 21.5 Å². The van der Waals surface area contributed by atoms with Gasteiger partial charge in [0.25, 0.3) is 5.91 Å². The van der Waals surface area contributed by atoms with E-state index in [4.69, 9.17) is 5.26 Å². The first kappa shape index (κ1) is 14.5. The average Bonchev–Trinajstić information content (AvgIpc) is 2.53. The van der Waals surface area contributed by atoms with Gasteiger partial charge in [0.15, 0.2) is 0 Å². The smallest absolute Gasteiger partial charge is 0.255 e. The van der Waals surface area contributed by atoms with Crippen molar-refractivity contribution < 1.29 is 9.90 Å². The number of rotatable bonds is 4. The minimum atomic E-state index is -0.276. The lowest BCUT2D eigenvalue weighted by Gasteiger charge is -2.06. The lowest BCUT2D eigenvalue weighted by Crippen LogP contribution is -2.11. The van der Waals surface area contributed by atoms with Crippen LogP contribution in [0.5, 0.6) is 0 Å². The monoisotopic (exact) mass is 277 g/mol. The Bertz CT molecular complexity index is 697. The third kappa shape index (κ3) is 4.03. The molecule has 0 aliphatic carbocycles. The van der Waals surface area contributed by atoms with Crippen LogP contribution >= 0.6 is 0 Å². The predicted molar refractivity (Wildman–Crippen MR) is 80.1 cm³/mol. The zero-order valence-electron chi connectivity index (χ0n) is 11.2. The summed E-state index contributed by atoms with van der Waals surface area (Å²) in [6.45, 7) is -0.276. The van der Waals surface area contributed by atoms with Gasteiger partial charge < -0.3 is 5.32 Å². The minimum absolute atomic E-state index is 0.246. The zero-order valence-corrected chi connectivity index (χ0v) is 11.2. The van der Waals surface area contributed by atoms with E-state index in [0.717, 1.165) is 5.56 Å². The van der Waals surface area contributed by atoms with Gasteiger partial charge in [0, 0.05) is 11.3 Å². The molecule has 1 amide bonds. The van der Waals surface area contributed by atoms with Crippen LogP contribution < -0.4 is 5.32 Å². The first-order valence-corrected chi connectivity index (χ1v) is 6.39. The Morgan fingerprint density at radius 1 is 1.19 bits per heavy atom. The number of nitrogens with zero attached hydrogens (tertiary/aromatic N) is 1. The number of benzene rings is 2. The highest BCUT2D eigenvalue weighted by molar-refractivity contribution is 6.04. The fourth-order valence-corrected chi connectivity index (χ4v) is 1.80. The highest BCUT2D eigenvalue weighted by Crippen LogP contribution is 2.14. The molecule has 2 aromatic carbocycles. The molecule has 0 aliphatic rings. The Morgan fingerprint density at radius 2 is 1.95 bits per heavy atom. The van der Waals surface area contributed by atoms with Crippen molar-refractivity contribution >= 4 is 17.7 Å². The fraction of sp³-hybridized carbons (Fsp3) is 0.0588. The summed E-state index contributed by atoms with van der Waals surface area (Å²) in [6.07, 6.45) is 3.23. The molecule has 4 heteroatoms. The van der Waals surface area contributed by atoms with Gasteiger partial charge in [0.05, 0.1) is 11.6 Å². The maximum atomic E-state index is 12.1. The third-order valence-corrected chi connectivity index (χ3v) is 2.83. The van der Waals surface area contributed by atoms with Crippen molar-refractivity contribution in [1.29, 1.82) is 5.26 Å². The molecule has 21 heavy (non-hydrogen) atoms. The van der Waals surface area contributed by atoms with Gasteiger partial charge in [-0.1, -0.05) is 24.3 Å². The van der Waals surface area contributed by atoms with E-state index >= 15 is 0 Å². The number of nitriles is 1. The molecule has 2 aromatic rings. The molecular formula is C17H13N2O2. The predicted octanol–water partition coefficient (Wildman–Crippen LogP) is 3.25. The Hall–Kier alpha value is -2.90. The lowest BCUT2D eigenvalue weighted by atomic mass is 10.1. The van der Waals surface area contributed by atoms with Gasteiger partial charge in [-0.3, -0.25) is 4.79 Å². The summed E-state index contributed by atoms with van der Waals surface area (Å²) in [4.78, 5) is 12.1. The molecule has 1 N–H and O–H groups in total. The number of amides is 1. The first-order chi connectivity index (χ1) is 10.2. The third-order valence-electron chi connectivity index (χ3n) is 2.83. The van der Waals surface area contributed by atoms with Crippen LogP contribution in [-0.2, 0) is 5.11 Å². The first-order valence-electron chi connectivity index (χ1n) is 6.39. The molecule has 0 bridgehead atoms. The highest BCUT2D eigenvalue weighted by atomic mass is 16.2. The Morgan fingerprint density at radius 3 is 2.62 bits per heavy atom. The van der Waals surface area contributed by atoms with Crippen LogP contribution in [-0.4, -0.2) is 12.5 Å². The molecule has 0 saturated heterocycles. The Labute approximate surface area is 123 Å². The molecule has 0 atom stereocenters. The van der Waals surface area contributed by atoms with Gasteiger partial charge >= 0.3 is 0 Å². The summed E-state index contributed by atoms with van der Waals surface area (Å²) >= 11 is 0. The minimum Gasteiger partial charge on any atom is -0.322 e. The second-order valence-corrected chi connectivity index (χ2v) is 4.34. The van der Waals surface area contributed by atoms with E-state index in [2.05, 4.69) is 5.32 Å². The molecule has 0 aromatic heterocycles. The molecule has 1 radical (unpaired) electrons. The second kappa shape index (κ2) is 7.04. The van der Waals surface area contributed by atoms with Crippen LogP contribution in [0.2, 0.25) is 0 Å². The van der Waals surface area contributed by atoms with Gasteiger partial charge in [-0.05, 0) is 42.0 Å². The molecule has 0 fully saturated rings. The maximum absolute atomic E-state index is 12.1. The molecule has 0 saturated carbocycles. The number of anilines is 1. The van der Waals surface area contributed by atoms with Gasteiger partial charge in [-0.25, -0.2) is 5.11 Å². The van der Waals surface area contributed by atoms with Gasteiger partial charge in [0.1, 0.15) is 6.61 Å². The normalized spacial score (nSPS) is 10.3. The summed E-state index contributed by atoms with van der Waals surface area (Å²) in [7, 11) is 0. The van der Waals surface area contributed by atoms with E-state index in [1.54, 1.807) is 48.5 Å². The summed E-state index contributed by atoms with van der Waals surface area (Å²) in [6, 6.07) is 15.6. The topological polar surface area (TPSA) is 72.8 Å². The van der Waals surface area contributed by atoms with E-state index in [1.807, 2.05) is 12.1 Å². The van der Waals surface area contributed by atoms with E-state index < -0.39 is 0 Å². The Kier molecular flexibility index (Phi) is 4.86. The molecule has 4 nitrogen and oxygen atoms in total. The van der Waals surface area contributed by atoms with Crippen LogP contribution in [0.3, 0.4) is 0 Å². The maximum Gasteiger partial charge on any atom is 0.255 e. The van der Waals surface area contributed by atoms with E-state index in [9.17, 15) is 9.90 Å². The summed E-state index contributed by atoms with van der Waals surface area (Å²) < 4.78 is 0. The van der Waals surface area contributed by atoms with E-state index in [0.29, 0.717) is 16.8 Å². The van der Waals surface area contributed by atoms with E-state index in [1.165, 1.54) is 6.08 Å². The van der Waals surface area contributed by atoms with Crippen molar-refractivity contribution in [2.45, 2.75) is 0 Å². The number of hydrogen-bond donors (Lipinski definition) is 1. The number of nitrogens with one attached hydrogen (secondary N) is 1. The van der Waals surface area contributed by atoms with Crippen LogP contribution in [0.25, 0.3) is 6.08 Å². The molecule has 0 heterocycles. The van der Waals surface area contributed by atoms with Crippen molar-refractivity contribution in [3.05, 3.63) is 71.3 Å². The standard InChI is InChI=1S/C17H13N2O2/c18-12-14-6-8-15(9-7-14)17(21)19-16-5-1-3-13(11-16)4-2-10-20/h1-9,11H,10H2,(H,19,21)/b4-2+. The SMILES string of the molecule is N#Cc1ccc(C(=O)Nc2cccc(/C=C/C[O])c2)cc1. The Balaban J connectivity index is 2.11. The molecular weight excluding hydrogens is 264 g/mol. The summed E-state index contributed by atoms with van der Waals surface area (Å²) in [5.41, 5.74) is 2.49. The summed E-state index contributed by atoms with van der Waals surface area (Å²) in [5, 5.41) is 21.9. The number of hydrogen-bond acceptors (Lipinski definition) is 2. The van der Waals surface area contributed by atoms with Crippen molar-refractivity contribution in [3.8, 4) is 6.07 Å². The molecule has 0 aliphatic heterocycles. The quantitative estimate of drug-likeness (QED) is 0.931. The lowest BCUT2D eigenvalue weighted by molar-refractivity contribution is 0.102. The molecule has 0 unspecified atom stereocenters. The van der Waals surface area contributed by atoms with Crippen molar-refractivity contribution in [1.82, 2.24) is 0 Å². The zero-order chi connectivity index (χ0) is 15.1. The van der Waals surface area contributed by atoms with Crippen LogP contribution in [0.15, 0.2) is 54.6 Å². The average molecular weight is 277 g/mol. The largest absolute Gasteiger partial charge is 0.322 e. The summed E-state index contributed by atoms with van der Waals surface area (Å²) in [5.74, 6) is -0.246. The highest BCUT2D eigenvalue weighted by Gasteiger charge is 2.06. The van der Waals surface area contributed by atoms with Crippen molar-refractivity contribution in [2.24, 2.45) is 0 Å². The molecule has 2 rings (SSSR count). The molecule has 0 spiro atoms. The van der Waals surface area contributed by atoms with Crippen molar-refractivity contribution in [2.75, 3.05) is 11.9 Å². The van der Waals surface area contributed by atoms with Gasteiger partial charge in [0.2, 0.25) is 0 Å². The number of carbonyl (C=O) groups excluding carboxylic acids is 1. The van der Waals surface area contributed by atoms with Gasteiger partial charge in [-0.2, -0.15) is 5.26 Å².